The predicted octanol–water partition coefficient (Wildman–Crippen LogP) is 3.30. The van der Waals surface area contributed by atoms with Gasteiger partial charge in [-0.3, -0.25) is 0 Å². The van der Waals surface area contributed by atoms with E-state index in [0.717, 1.165) is 24.1 Å². The molecule has 6 heteroatoms. The van der Waals surface area contributed by atoms with Crippen LogP contribution in [-0.4, -0.2) is 37.8 Å². The number of amides is 2. The SMILES string of the molecule is C[C@H](NC(=O)N(C1CC1)[C@@H](C)C1CC1)c1cccc(-n2cncn2)c1. The zero-order valence-corrected chi connectivity index (χ0v) is 14.8. The van der Waals surface area contributed by atoms with Gasteiger partial charge in [-0.1, -0.05) is 12.1 Å². The fourth-order valence-corrected chi connectivity index (χ4v) is 3.46. The van der Waals surface area contributed by atoms with E-state index in [1.54, 1.807) is 11.0 Å². The summed E-state index contributed by atoms with van der Waals surface area (Å²) in [5.41, 5.74) is 2.01. The van der Waals surface area contributed by atoms with Gasteiger partial charge in [0.15, 0.2) is 0 Å². The first-order chi connectivity index (χ1) is 12.1. The Morgan fingerprint density at radius 3 is 2.72 bits per heavy atom. The number of aromatic nitrogens is 3. The van der Waals surface area contributed by atoms with Crippen LogP contribution < -0.4 is 5.32 Å². The molecule has 1 heterocycles. The second-order valence-corrected chi connectivity index (χ2v) is 7.32. The predicted molar refractivity (Wildman–Crippen MR) is 95.4 cm³/mol. The van der Waals surface area contributed by atoms with Crippen molar-refractivity contribution in [3.05, 3.63) is 42.5 Å². The molecule has 2 aliphatic carbocycles. The molecule has 2 saturated carbocycles. The molecule has 1 N–H and O–H groups in total. The molecule has 0 spiro atoms. The molecular weight excluding hydrogens is 314 g/mol. The molecule has 1 aromatic heterocycles. The van der Waals surface area contributed by atoms with Crippen molar-refractivity contribution >= 4 is 6.03 Å². The molecule has 132 valence electrons. The number of urea groups is 1. The molecule has 2 amide bonds. The van der Waals surface area contributed by atoms with E-state index in [1.165, 1.54) is 19.2 Å². The van der Waals surface area contributed by atoms with Crippen LogP contribution in [0.5, 0.6) is 0 Å². The summed E-state index contributed by atoms with van der Waals surface area (Å²) < 4.78 is 1.73. The average molecular weight is 339 g/mol. The molecule has 2 atom stereocenters. The minimum atomic E-state index is -0.0522. The van der Waals surface area contributed by atoms with Crippen molar-refractivity contribution in [3.8, 4) is 5.69 Å². The fraction of sp³-hybridized carbons (Fsp3) is 0.526. The lowest BCUT2D eigenvalue weighted by Crippen LogP contribution is -2.47. The topological polar surface area (TPSA) is 63.1 Å². The number of nitrogens with zero attached hydrogens (tertiary/aromatic N) is 4. The van der Waals surface area contributed by atoms with Crippen LogP contribution in [0.25, 0.3) is 5.69 Å². The van der Waals surface area contributed by atoms with Crippen molar-refractivity contribution in [2.45, 2.75) is 57.7 Å². The van der Waals surface area contributed by atoms with Crippen LogP contribution >= 0.6 is 0 Å². The Labute approximate surface area is 148 Å². The molecule has 0 aliphatic heterocycles. The number of hydrogen-bond acceptors (Lipinski definition) is 3. The van der Waals surface area contributed by atoms with Gasteiger partial charge in [-0.2, -0.15) is 5.10 Å². The van der Waals surface area contributed by atoms with Gasteiger partial charge < -0.3 is 10.2 Å². The maximum absolute atomic E-state index is 12.9. The Bertz CT molecular complexity index is 736. The van der Waals surface area contributed by atoms with Crippen molar-refractivity contribution in [3.63, 3.8) is 0 Å². The Hall–Kier alpha value is -2.37. The van der Waals surface area contributed by atoms with Gasteiger partial charge in [0.2, 0.25) is 0 Å². The first-order valence-corrected chi connectivity index (χ1v) is 9.17. The highest BCUT2D eigenvalue weighted by molar-refractivity contribution is 5.76. The van der Waals surface area contributed by atoms with Crippen molar-refractivity contribution in [2.24, 2.45) is 5.92 Å². The van der Waals surface area contributed by atoms with Gasteiger partial charge in [0.1, 0.15) is 12.7 Å². The second-order valence-electron chi connectivity index (χ2n) is 7.32. The lowest BCUT2D eigenvalue weighted by atomic mass is 10.1. The smallest absolute Gasteiger partial charge is 0.318 e. The number of nitrogens with one attached hydrogen (secondary N) is 1. The molecule has 2 fully saturated rings. The van der Waals surface area contributed by atoms with Crippen LogP contribution in [0.4, 0.5) is 4.79 Å². The van der Waals surface area contributed by atoms with E-state index in [1.807, 2.05) is 31.2 Å². The summed E-state index contributed by atoms with van der Waals surface area (Å²) in [6.07, 6.45) is 7.99. The minimum Gasteiger partial charge on any atom is -0.331 e. The number of carbonyl (C=O) groups excluding carboxylic acids is 1. The maximum Gasteiger partial charge on any atom is 0.318 e. The Kier molecular flexibility index (Phi) is 4.19. The fourth-order valence-electron chi connectivity index (χ4n) is 3.46. The first-order valence-electron chi connectivity index (χ1n) is 9.17. The molecule has 4 rings (SSSR count). The molecule has 1 aromatic carbocycles. The van der Waals surface area contributed by atoms with E-state index < -0.39 is 0 Å². The van der Waals surface area contributed by atoms with Gasteiger partial charge in [0.25, 0.3) is 0 Å². The summed E-state index contributed by atoms with van der Waals surface area (Å²) in [6, 6.07) is 8.86. The third-order valence-corrected chi connectivity index (χ3v) is 5.31. The molecule has 0 radical (unpaired) electrons. The summed E-state index contributed by atoms with van der Waals surface area (Å²) in [5.74, 6) is 0.692. The van der Waals surface area contributed by atoms with E-state index >= 15 is 0 Å². The Morgan fingerprint density at radius 2 is 2.08 bits per heavy atom. The van der Waals surface area contributed by atoms with Crippen LogP contribution in [-0.2, 0) is 0 Å². The highest BCUT2D eigenvalue weighted by Crippen LogP contribution is 2.39. The molecule has 25 heavy (non-hydrogen) atoms. The van der Waals surface area contributed by atoms with Gasteiger partial charge in [-0.05, 0) is 63.1 Å². The van der Waals surface area contributed by atoms with Crippen LogP contribution in [0.1, 0.15) is 51.1 Å². The van der Waals surface area contributed by atoms with Crippen LogP contribution in [0.3, 0.4) is 0 Å². The second kappa shape index (κ2) is 6.50. The Balaban J connectivity index is 1.46. The van der Waals surface area contributed by atoms with Gasteiger partial charge in [-0.15, -0.1) is 0 Å². The third-order valence-electron chi connectivity index (χ3n) is 5.31. The summed E-state index contributed by atoms with van der Waals surface area (Å²) in [5, 5.41) is 7.36. The van der Waals surface area contributed by atoms with Crippen LogP contribution in [0, 0.1) is 5.92 Å². The van der Waals surface area contributed by atoms with Crippen molar-refractivity contribution in [2.75, 3.05) is 0 Å². The first kappa shape index (κ1) is 16.1. The van der Waals surface area contributed by atoms with Gasteiger partial charge in [0.05, 0.1) is 11.7 Å². The highest BCUT2D eigenvalue weighted by atomic mass is 16.2. The van der Waals surface area contributed by atoms with E-state index in [4.69, 9.17) is 0 Å². The van der Waals surface area contributed by atoms with Gasteiger partial charge in [0, 0.05) is 12.1 Å². The number of benzene rings is 1. The molecule has 0 saturated heterocycles. The summed E-state index contributed by atoms with van der Waals surface area (Å²) in [4.78, 5) is 19.0. The van der Waals surface area contributed by atoms with Gasteiger partial charge >= 0.3 is 6.03 Å². The maximum atomic E-state index is 12.9. The summed E-state index contributed by atoms with van der Waals surface area (Å²) in [7, 11) is 0. The number of hydrogen-bond donors (Lipinski definition) is 1. The lowest BCUT2D eigenvalue weighted by Gasteiger charge is -2.31. The van der Waals surface area contributed by atoms with Crippen LogP contribution in [0.15, 0.2) is 36.9 Å². The van der Waals surface area contributed by atoms with Crippen LogP contribution in [0.2, 0.25) is 0 Å². The minimum absolute atomic E-state index is 0.0522. The normalized spacial score (nSPS) is 19.3. The standard InChI is InChI=1S/C19H25N5O/c1-13(16-4-3-5-18(10-16)23-12-20-11-21-23)22-19(25)24(17-8-9-17)14(2)15-6-7-15/h3-5,10-15,17H,6-9H2,1-2H3,(H,22,25)/t13-,14-/m0/s1. The van der Waals surface area contributed by atoms with E-state index in [2.05, 4.69) is 27.2 Å². The largest absolute Gasteiger partial charge is 0.331 e. The quantitative estimate of drug-likeness (QED) is 0.878. The lowest BCUT2D eigenvalue weighted by molar-refractivity contribution is 0.164. The molecule has 0 bridgehead atoms. The van der Waals surface area contributed by atoms with Crippen molar-refractivity contribution in [1.29, 1.82) is 0 Å². The van der Waals surface area contributed by atoms with E-state index in [0.29, 0.717) is 18.0 Å². The van der Waals surface area contributed by atoms with Crippen molar-refractivity contribution in [1.82, 2.24) is 25.0 Å². The van der Waals surface area contributed by atoms with E-state index in [9.17, 15) is 4.79 Å². The van der Waals surface area contributed by atoms with Gasteiger partial charge in [-0.25, -0.2) is 14.5 Å². The Morgan fingerprint density at radius 1 is 1.28 bits per heavy atom. The van der Waals surface area contributed by atoms with E-state index in [-0.39, 0.29) is 12.1 Å². The molecule has 0 unspecified atom stereocenters. The molecule has 2 aliphatic rings. The third kappa shape index (κ3) is 3.52. The molecule has 2 aromatic rings. The highest BCUT2D eigenvalue weighted by Gasteiger charge is 2.41. The molecular formula is C19H25N5O. The summed E-state index contributed by atoms with van der Waals surface area (Å²) >= 11 is 0. The zero-order valence-electron chi connectivity index (χ0n) is 14.8. The van der Waals surface area contributed by atoms with Crippen molar-refractivity contribution < 1.29 is 4.79 Å². The monoisotopic (exact) mass is 339 g/mol. The zero-order chi connectivity index (χ0) is 17.4. The summed E-state index contributed by atoms with van der Waals surface area (Å²) in [6.45, 7) is 4.23. The average Bonchev–Trinajstić information content (AvgIpc) is 3.54. The number of rotatable bonds is 6. The molecule has 6 nitrogen and oxygen atoms in total. The number of carbonyl (C=O) groups is 1.